The van der Waals surface area contributed by atoms with E-state index in [9.17, 15) is 8.42 Å². The summed E-state index contributed by atoms with van der Waals surface area (Å²) in [6.45, 7) is 0.957. The van der Waals surface area contributed by atoms with Crippen molar-refractivity contribution < 1.29 is 8.42 Å². The Labute approximate surface area is 136 Å². The molecule has 0 aromatic carbocycles. The van der Waals surface area contributed by atoms with E-state index in [2.05, 4.69) is 15.0 Å². The molecule has 0 spiro atoms. The molecular formula is C14H20N6O2S. The van der Waals surface area contributed by atoms with Crippen LogP contribution in [-0.4, -0.2) is 63.7 Å². The first kappa shape index (κ1) is 16.0. The molecule has 1 aliphatic heterocycles. The summed E-state index contributed by atoms with van der Waals surface area (Å²) in [7, 11) is -0.301. The Hall–Kier alpha value is -1.84. The van der Waals surface area contributed by atoms with Gasteiger partial charge in [0.2, 0.25) is 0 Å². The number of hydrogen-bond acceptors (Lipinski definition) is 5. The number of rotatable bonds is 4. The van der Waals surface area contributed by atoms with Gasteiger partial charge in [0.15, 0.2) is 5.82 Å². The first-order valence-corrected chi connectivity index (χ1v) is 8.86. The van der Waals surface area contributed by atoms with E-state index < -0.39 is 10.2 Å². The van der Waals surface area contributed by atoms with Crippen molar-refractivity contribution in [1.29, 1.82) is 0 Å². The molecule has 9 heteroatoms. The first-order valence-electron chi connectivity index (χ1n) is 7.47. The zero-order valence-electron chi connectivity index (χ0n) is 13.2. The molecule has 0 N–H and O–H groups in total. The second-order valence-corrected chi connectivity index (χ2v) is 7.86. The molecular weight excluding hydrogens is 316 g/mol. The van der Waals surface area contributed by atoms with Crippen LogP contribution in [0.25, 0.3) is 5.82 Å². The van der Waals surface area contributed by atoms with Gasteiger partial charge in [0.1, 0.15) is 6.33 Å². The molecule has 0 radical (unpaired) electrons. The molecule has 3 rings (SSSR count). The molecule has 1 saturated heterocycles. The van der Waals surface area contributed by atoms with Crippen LogP contribution in [0.15, 0.2) is 31.1 Å². The Morgan fingerprint density at radius 1 is 1.22 bits per heavy atom. The molecule has 3 heterocycles. The fourth-order valence-corrected chi connectivity index (χ4v) is 4.01. The Morgan fingerprint density at radius 3 is 2.70 bits per heavy atom. The molecule has 0 bridgehead atoms. The third-order valence-electron chi connectivity index (χ3n) is 4.01. The zero-order chi connectivity index (χ0) is 16.4. The lowest BCUT2D eigenvalue weighted by molar-refractivity contribution is 0.295. The molecule has 0 unspecified atom stereocenters. The van der Waals surface area contributed by atoms with Gasteiger partial charge in [-0.1, -0.05) is 0 Å². The number of piperidine rings is 1. The standard InChI is InChI=1S/C14H20N6O2S/c1-18(2)23(21,22)20-8-3-4-12(10-20)13-14(17-6-5-16-13)19-9-7-15-11-19/h5-7,9,11-12H,3-4,8,10H2,1-2H3/t12-/m1/s1. The fraction of sp³-hybridized carbons (Fsp3) is 0.500. The van der Waals surface area contributed by atoms with Crippen LogP contribution in [0.5, 0.6) is 0 Å². The van der Waals surface area contributed by atoms with Crippen molar-refractivity contribution in [3.8, 4) is 5.82 Å². The summed E-state index contributed by atoms with van der Waals surface area (Å²) in [6.07, 6.45) is 10.1. The maximum atomic E-state index is 12.4. The fourth-order valence-electron chi connectivity index (χ4n) is 2.82. The SMILES string of the molecule is CN(C)S(=O)(=O)N1CCC[C@@H](c2nccnc2-n2ccnc2)C1. The Bertz CT molecular complexity index is 759. The van der Waals surface area contributed by atoms with E-state index in [0.717, 1.165) is 18.5 Å². The van der Waals surface area contributed by atoms with Gasteiger partial charge in [-0.15, -0.1) is 0 Å². The Balaban J connectivity index is 1.91. The monoisotopic (exact) mass is 336 g/mol. The smallest absolute Gasteiger partial charge is 0.281 e. The Morgan fingerprint density at radius 2 is 2.00 bits per heavy atom. The molecule has 0 saturated carbocycles. The third-order valence-corrected chi connectivity index (χ3v) is 5.92. The van der Waals surface area contributed by atoms with Crippen LogP contribution < -0.4 is 0 Å². The molecule has 2 aromatic rings. The molecule has 8 nitrogen and oxygen atoms in total. The highest BCUT2D eigenvalue weighted by Crippen LogP contribution is 2.30. The second-order valence-electron chi connectivity index (χ2n) is 5.72. The first-order chi connectivity index (χ1) is 11.0. The average Bonchev–Trinajstić information content (AvgIpc) is 3.09. The van der Waals surface area contributed by atoms with Gasteiger partial charge in [0.05, 0.1) is 5.69 Å². The molecule has 1 aliphatic rings. The normalized spacial score (nSPS) is 20.0. The van der Waals surface area contributed by atoms with Crippen molar-refractivity contribution in [2.75, 3.05) is 27.2 Å². The lowest BCUT2D eigenvalue weighted by Gasteiger charge is -2.33. The van der Waals surface area contributed by atoms with Gasteiger partial charge in [0, 0.05) is 57.9 Å². The van der Waals surface area contributed by atoms with Crippen molar-refractivity contribution in [3.63, 3.8) is 0 Å². The van der Waals surface area contributed by atoms with Gasteiger partial charge in [0.25, 0.3) is 10.2 Å². The summed E-state index contributed by atoms with van der Waals surface area (Å²) >= 11 is 0. The van der Waals surface area contributed by atoms with Crippen molar-refractivity contribution in [3.05, 3.63) is 36.8 Å². The maximum Gasteiger partial charge on any atom is 0.281 e. The van der Waals surface area contributed by atoms with E-state index in [0.29, 0.717) is 18.9 Å². The van der Waals surface area contributed by atoms with Gasteiger partial charge >= 0.3 is 0 Å². The summed E-state index contributed by atoms with van der Waals surface area (Å²) in [6, 6.07) is 0. The van der Waals surface area contributed by atoms with Crippen molar-refractivity contribution in [2.45, 2.75) is 18.8 Å². The van der Waals surface area contributed by atoms with Crippen LogP contribution in [0.4, 0.5) is 0 Å². The topological polar surface area (TPSA) is 84.2 Å². The number of nitrogens with zero attached hydrogens (tertiary/aromatic N) is 6. The van der Waals surface area contributed by atoms with Crippen LogP contribution in [0.1, 0.15) is 24.5 Å². The molecule has 0 aliphatic carbocycles. The summed E-state index contributed by atoms with van der Waals surface area (Å²) < 4.78 is 29.3. The number of aromatic nitrogens is 4. The van der Waals surface area contributed by atoms with E-state index >= 15 is 0 Å². The van der Waals surface area contributed by atoms with Gasteiger partial charge in [-0.3, -0.25) is 9.55 Å². The van der Waals surface area contributed by atoms with E-state index in [4.69, 9.17) is 0 Å². The summed E-state index contributed by atoms with van der Waals surface area (Å²) in [4.78, 5) is 12.9. The third kappa shape index (κ3) is 3.12. The molecule has 1 atom stereocenters. The highest BCUT2D eigenvalue weighted by atomic mass is 32.2. The average molecular weight is 336 g/mol. The lowest BCUT2D eigenvalue weighted by atomic mass is 9.95. The van der Waals surface area contributed by atoms with Crippen molar-refractivity contribution >= 4 is 10.2 Å². The summed E-state index contributed by atoms with van der Waals surface area (Å²) in [5.74, 6) is 0.726. The minimum Gasteiger partial charge on any atom is -0.289 e. The minimum absolute atomic E-state index is 0.0181. The van der Waals surface area contributed by atoms with Crippen molar-refractivity contribution in [2.24, 2.45) is 0 Å². The summed E-state index contributed by atoms with van der Waals surface area (Å²) in [5.41, 5.74) is 0.809. The number of hydrogen-bond donors (Lipinski definition) is 0. The predicted octanol–water partition coefficient (Wildman–Crippen LogP) is 0.648. The van der Waals surface area contributed by atoms with Crippen LogP contribution in [0.3, 0.4) is 0 Å². The van der Waals surface area contributed by atoms with Crippen molar-refractivity contribution in [1.82, 2.24) is 28.1 Å². The molecule has 0 amide bonds. The molecule has 23 heavy (non-hydrogen) atoms. The van der Waals surface area contributed by atoms with Gasteiger partial charge in [-0.2, -0.15) is 17.0 Å². The van der Waals surface area contributed by atoms with E-state index in [1.165, 1.54) is 8.61 Å². The van der Waals surface area contributed by atoms with E-state index in [1.807, 2.05) is 10.8 Å². The quantitative estimate of drug-likeness (QED) is 0.818. The lowest BCUT2D eigenvalue weighted by Crippen LogP contribution is -2.45. The highest BCUT2D eigenvalue weighted by molar-refractivity contribution is 7.86. The van der Waals surface area contributed by atoms with Crippen LogP contribution >= 0.6 is 0 Å². The van der Waals surface area contributed by atoms with Crippen LogP contribution in [0, 0.1) is 0 Å². The van der Waals surface area contributed by atoms with Gasteiger partial charge in [-0.05, 0) is 12.8 Å². The minimum atomic E-state index is -3.41. The highest BCUT2D eigenvalue weighted by Gasteiger charge is 2.32. The second kappa shape index (κ2) is 6.34. The maximum absolute atomic E-state index is 12.4. The van der Waals surface area contributed by atoms with Gasteiger partial charge < -0.3 is 0 Å². The van der Waals surface area contributed by atoms with Crippen LogP contribution in [0.2, 0.25) is 0 Å². The van der Waals surface area contributed by atoms with Gasteiger partial charge in [-0.25, -0.2) is 9.97 Å². The largest absolute Gasteiger partial charge is 0.289 e. The molecule has 1 fully saturated rings. The van der Waals surface area contributed by atoms with Crippen LogP contribution in [-0.2, 0) is 10.2 Å². The number of imidazole rings is 1. The van der Waals surface area contributed by atoms with E-state index in [-0.39, 0.29) is 5.92 Å². The molecule has 124 valence electrons. The zero-order valence-corrected chi connectivity index (χ0v) is 14.0. The molecule has 2 aromatic heterocycles. The summed E-state index contributed by atoms with van der Waals surface area (Å²) in [5, 5.41) is 0. The van der Waals surface area contributed by atoms with E-state index in [1.54, 1.807) is 39.0 Å². The Kier molecular flexibility index (Phi) is 4.42. The predicted molar refractivity (Wildman–Crippen MR) is 85.3 cm³/mol.